The first-order valence-electron chi connectivity index (χ1n) is 12.1. The van der Waals surface area contributed by atoms with Gasteiger partial charge in [-0.2, -0.15) is 0 Å². The minimum atomic E-state index is -0.116. The number of nitrogens with zero attached hydrogens (tertiary/aromatic N) is 3. The van der Waals surface area contributed by atoms with E-state index in [2.05, 4.69) is 49.6 Å². The fourth-order valence-electron chi connectivity index (χ4n) is 4.55. The number of rotatable bonds is 10. The molecule has 2 amide bonds. The Morgan fingerprint density at radius 1 is 0.806 bits per heavy atom. The zero-order valence-electron chi connectivity index (χ0n) is 19.9. The molecule has 0 aromatic heterocycles. The Kier molecular flexibility index (Phi) is 8.30. The lowest BCUT2D eigenvalue weighted by Crippen LogP contribution is -2.47. The maximum absolute atomic E-state index is 13.5. The SMILES string of the molecule is CCCCCCCCN1C(=O)C(c2ccc(C)c(C)c2)=C(N2CCN(CC)CC2)C1=O. The standard InChI is InChI=1S/C26H39N3O2/c1-5-7-8-9-10-11-14-29-25(30)23(22-13-12-20(3)21(4)19-22)24(26(29)31)28-17-15-27(6-2)16-18-28/h12-13,19H,5-11,14-18H2,1-4H3. The first-order chi connectivity index (χ1) is 15.0. The van der Waals surface area contributed by atoms with E-state index in [1.807, 2.05) is 6.07 Å². The first-order valence-corrected chi connectivity index (χ1v) is 12.1. The van der Waals surface area contributed by atoms with Crippen LogP contribution < -0.4 is 0 Å². The lowest BCUT2D eigenvalue weighted by molar-refractivity contribution is -0.137. The lowest BCUT2D eigenvalue weighted by atomic mass is 9.99. The highest BCUT2D eigenvalue weighted by Crippen LogP contribution is 2.33. The Hall–Kier alpha value is -2.14. The van der Waals surface area contributed by atoms with Crippen LogP contribution in [-0.4, -0.2) is 65.8 Å². The Balaban J connectivity index is 1.82. The maximum Gasteiger partial charge on any atom is 0.277 e. The summed E-state index contributed by atoms with van der Waals surface area (Å²) in [5.74, 6) is -0.216. The largest absolute Gasteiger partial charge is 0.364 e. The molecule has 31 heavy (non-hydrogen) atoms. The maximum atomic E-state index is 13.5. The summed E-state index contributed by atoms with van der Waals surface area (Å²) < 4.78 is 0. The molecule has 0 bridgehead atoms. The monoisotopic (exact) mass is 425 g/mol. The predicted molar refractivity (Wildman–Crippen MR) is 127 cm³/mol. The van der Waals surface area contributed by atoms with E-state index < -0.39 is 0 Å². The van der Waals surface area contributed by atoms with Crippen molar-refractivity contribution in [3.05, 3.63) is 40.6 Å². The van der Waals surface area contributed by atoms with Crippen LogP contribution in [0.2, 0.25) is 0 Å². The fraction of sp³-hybridized carbons (Fsp3) is 0.615. The third kappa shape index (κ3) is 5.38. The molecule has 0 saturated carbocycles. The van der Waals surface area contributed by atoms with E-state index in [1.54, 1.807) is 0 Å². The summed E-state index contributed by atoms with van der Waals surface area (Å²) in [7, 11) is 0. The van der Waals surface area contributed by atoms with Gasteiger partial charge in [-0.3, -0.25) is 14.5 Å². The molecular weight excluding hydrogens is 386 g/mol. The molecule has 0 N–H and O–H groups in total. The molecule has 0 aliphatic carbocycles. The number of imide groups is 1. The molecule has 2 aliphatic heterocycles. The number of likely N-dealkylation sites (N-methyl/N-ethyl adjacent to an activating group) is 1. The summed E-state index contributed by atoms with van der Waals surface area (Å²) >= 11 is 0. The van der Waals surface area contributed by atoms with E-state index in [9.17, 15) is 9.59 Å². The van der Waals surface area contributed by atoms with E-state index in [4.69, 9.17) is 0 Å². The van der Waals surface area contributed by atoms with E-state index in [0.717, 1.165) is 56.7 Å². The molecule has 2 aliphatic rings. The minimum absolute atomic E-state index is 0.100. The van der Waals surface area contributed by atoms with Gasteiger partial charge in [0.25, 0.3) is 11.8 Å². The van der Waals surface area contributed by atoms with Crippen molar-refractivity contribution in [3.63, 3.8) is 0 Å². The molecule has 1 aromatic rings. The van der Waals surface area contributed by atoms with Gasteiger partial charge in [0, 0.05) is 32.7 Å². The van der Waals surface area contributed by atoms with Crippen LogP contribution in [0.4, 0.5) is 0 Å². The number of amides is 2. The second-order valence-corrected chi connectivity index (χ2v) is 8.97. The van der Waals surface area contributed by atoms with Crippen molar-refractivity contribution in [2.45, 2.75) is 66.2 Å². The van der Waals surface area contributed by atoms with Gasteiger partial charge in [0.05, 0.1) is 5.57 Å². The third-order valence-electron chi connectivity index (χ3n) is 6.81. The minimum Gasteiger partial charge on any atom is -0.364 e. The zero-order chi connectivity index (χ0) is 22.4. The highest BCUT2D eigenvalue weighted by atomic mass is 16.2. The van der Waals surface area contributed by atoms with Crippen molar-refractivity contribution >= 4 is 17.4 Å². The van der Waals surface area contributed by atoms with Crippen LogP contribution in [0.3, 0.4) is 0 Å². The molecule has 5 nitrogen and oxygen atoms in total. The molecule has 1 fully saturated rings. The number of hydrogen-bond acceptors (Lipinski definition) is 4. The number of carbonyl (C=O) groups is 2. The second-order valence-electron chi connectivity index (χ2n) is 8.97. The predicted octanol–water partition coefficient (Wildman–Crippen LogP) is 4.38. The van der Waals surface area contributed by atoms with E-state index in [-0.39, 0.29) is 11.8 Å². The molecule has 2 heterocycles. The molecule has 5 heteroatoms. The van der Waals surface area contributed by atoms with Crippen molar-refractivity contribution in [2.24, 2.45) is 0 Å². The Bertz CT molecular complexity index is 822. The molecule has 1 saturated heterocycles. The van der Waals surface area contributed by atoms with Crippen molar-refractivity contribution in [2.75, 3.05) is 39.3 Å². The van der Waals surface area contributed by atoms with Gasteiger partial charge in [-0.25, -0.2) is 0 Å². The average Bonchev–Trinajstić information content (AvgIpc) is 3.02. The Morgan fingerprint density at radius 3 is 2.13 bits per heavy atom. The second kappa shape index (κ2) is 10.9. The van der Waals surface area contributed by atoms with Crippen LogP contribution >= 0.6 is 0 Å². The molecular formula is C26H39N3O2. The normalized spacial score (nSPS) is 17.9. The number of carbonyl (C=O) groups excluding carboxylic acids is 2. The summed E-state index contributed by atoms with van der Waals surface area (Å²) in [4.78, 5) is 33.0. The van der Waals surface area contributed by atoms with Crippen LogP contribution in [0, 0.1) is 13.8 Å². The van der Waals surface area contributed by atoms with E-state index in [1.165, 1.54) is 36.1 Å². The zero-order valence-corrected chi connectivity index (χ0v) is 19.9. The van der Waals surface area contributed by atoms with Gasteiger partial charge in [0.1, 0.15) is 5.70 Å². The van der Waals surface area contributed by atoms with Gasteiger partial charge < -0.3 is 9.80 Å². The number of benzene rings is 1. The smallest absolute Gasteiger partial charge is 0.277 e. The molecule has 0 radical (unpaired) electrons. The van der Waals surface area contributed by atoms with Crippen molar-refractivity contribution < 1.29 is 9.59 Å². The Morgan fingerprint density at radius 2 is 1.48 bits per heavy atom. The van der Waals surface area contributed by atoms with Crippen molar-refractivity contribution in [1.29, 1.82) is 0 Å². The third-order valence-corrected chi connectivity index (χ3v) is 6.81. The molecule has 0 unspecified atom stereocenters. The molecule has 1 aromatic carbocycles. The summed E-state index contributed by atoms with van der Waals surface area (Å²) in [6, 6.07) is 6.12. The number of piperazine rings is 1. The summed E-state index contributed by atoms with van der Waals surface area (Å²) in [5.41, 5.74) is 4.44. The molecule has 3 rings (SSSR count). The average molecular weight is 426 g/mol. The van der Waals surface area contributed by atoms with Gasteiger partial charge >= 0.3 is 0 Å². The lowest BCUT2D eigenvalue weighted by Gasteiger charge is -2.36. The molecule has 170 valence electrons. The van der Waals surface area contributed by atoms with Crippen molar-refractivity contribution in [1.82, 2.24) is 14.7 Å². The van der Waals surface area contributed by atoms with Gasteiger partial charge in [0.15, 0.2) is 0 Å². The van der Waals surface area contributed by atoms with Gasteiger partial charge in [-0.15, -0.1) is 0 Å². The quantitative estimate of drug-likeness (QED) is 0.412. The Labute approximate surface area is 188 Å². The van der Waals surface area contributed by atoms with Crippen LogP contribution in [0.25, 0.3) is 5.57 Å². The summed E-state index contributed by atoms with van der Waals surface area (Å²) in [6.07, 6.45) is 6.85. The molecule has 0 spiro atoms. The van der Waals surface area contributed by atoms with E-state index in [0.29, 0.717) is 17.8 Å². The van der Waals surface area contributed by atoms with Gasteiger partial charge in [-0.05, 0) is 43.5 Å². The summed E-state index contributed by atoms with van der Waals surface area (Å²) in [5, 5.41) is 0. The topological polar surface area (TPSA) is 43.9 Å². The number of aryl methyl sites for hydroxylation is 2. The number of unbranched alkanes of at least 4 members (excludes halogenated alkanes) is 5. The van der Waals surface area contributed by atoms with Crippen LogP contribution in [0.15, 0.2) is 23.9 Å². The van der Waals surface area contributed by atoms with Crippen molar-refractivity contribution in [3.8, 4) is 0 Å². The van der Waals surface area contributed by atoms with E-state index >= 15 is 0 Å². The van der Waals surface area contributed by atoms with Gasteiger partial charge in [-0.1, -0.05) is 64.2 Å². The van der Waals surface area contributed by atoms with Crippen LogP contribution in [0.5, 0.6) is 0 Å². The highest BCUT2D eigenvalue weighted by molar-refractivity contribution is 6.35. The summed E-state index contributed by atoms with van der Waals surface area (Å²) in [6.45, 7) is 13.5. The number of hydrogen-bond donors (Lipinski definition) is 0. The van der Waals surface area contributed by atoms with Crippen LogP contribution in [0.1, 0.15) is 69.1 Å². The van der Waals surface area contributed by atoms with Crippen LogP contribution in [-0.2, 0) is 9.59 Å². The first kappa shape index (κ1) is 23.5. The highest BCUT2D eigenvalue weighted by Gasteiger charge is 2.41. The molecule has 0 atom stereocenters. The van der Waals surface area contributed by atoms with Gasteiger partial charge in [0.2, 0.25) is 0 Å². The fourth-order valence-corrected chi connectivity index (χ4v) is 4.55.